The van der Waals surface area contributed by atoms with E-state index >= 15 is 0 Å². The number of carbonyl (C=O) groups excluding carboxylic acids is 3. The summed E-state index contributed by atoms with van der Waals surface area (Å²) in [6, 6.07) is 1.30. The van der Waals surface area contributed by atoms with Gasteiger partial charge in [-0.3, -0.25) is 19.2 Å². The van der Waals surface area contributed by atoms with E-state index in [-0.39, 0.29) is 18.4 Å². The summed E-state index contributed by atoms with van der Waals surface area (Å²) in [5, 5.41) is 10.7. The van der Waals surface area contributed by atoms with Crippen LogP contribution in [0.3, 0.4) is 0 Å². The second kappa shape index (κ2) is 6.57. The molecule has 0 aromatic carbocycles. The van der Waals surface area contributed by atoms with Gasteiger partial charge in [-0.05, 0) is 31.7 Å². The zero-order valence-corrected chi connectivity index (χ0v) is 16.3. The number of carbonyl (C=O) groups is 3. The topological polar surface area (TPSA) is 109 Å². The Morgan fingerprint density at radius 2 is 2.18 bits per heavy atom. The van der Waals surface area contributed by atoms with Crippen LogP contribution >= 0.6 is 0 Å². The summed E-state index contributed by atoms with van der Waals surface area (Å²) in [6.07, 6.45) is 5.00. The van der Waals surface area contributed by atoms with Crippen LogP contribution in [-0.4, -0.2) is 49.6 Å². The highest BCUT2D eigenvalue weighted by atomic mass is 16.2. The first-order valence-electron chi connectivity index (χ1n) is 9.55. The lowest BCUT2D eigenvalue weighted by Gasteiger charge is -2.36. The van der Waals surface area contributed by atoms with Gasteiger partial charge in [-0.25, -0.2) is 9.78 Å². The Balaban J connectivity index is 1.48. The maximum absolute atomic E-state index is 13.0. The molecule has 1 aliphatic heterocycles. The summed E-state index contributed by atoms with van der Waals surface area (Å²) in [5.74, 6) is -0.672. The Morgan fingerprint density at radius 1 is 1.39 bits per heavy atom. The molecule has 2 aromatic rings. The molecule has 3 heterocycles. The molecule has 1 saturated heterocycles. The van der Waals surface area contributed by atoms with Crippen LogP contribution < -0.4 is 10.6 Å². The fourth-order valence-electron chi connectivity index (χ4n) is 4.36. The first-order chi connectivity index (χ1) is 13.3. The number of imide groups is 1. The lowest BCUT2D eigenvalue weighted by Crippen LogP contribution is -2.54. The molecule has 28 heavy (non-hydrogen) atoms. The first kappa shape index (κ1) is 18.4. The van der Waals surface area contributed by atoms with Crippen molar-refractivity contribution in [2.24, 2.45) is 13.0 Å². The molecule has 0 radical (unpaired) electrons. The molecule has 2 aromatic heterocycles. The maximum atomic E-state index is 13.0. The van der Waals surface area contributed by atoms with Gasteiger partial charge in [0.2, 0.25) is 5.91 Å². The van der Waals surface area contributed by atoms with E-state index in [0.29, 0.717) is 12.1 Å². The minimum absolute atomic E-state index is 0.0610. The minimum Gasteiger partial charge on any atom is -0.323 e. The number of fused-ring (bicyclic) bond motifs is 1. The van der Waals surface area contributed by atoms with Gasteiger partial charge < -0.3 is 10.6 Å². The van der Waals surface area contributed by atoms with E-state index in [2.05, 4.69) is 20.7 Å². The zero-order chi connectivity index (χ0) is 20.1. The van der Waals surface area contributed by atoms with Crippen molar-refractivity contribution in [3.05, 3.63) is 18.0 Å². The van der Waals surface area contributed by atoms with Crippen LogP contribution in [0.25, 0.3) is 11.0 Å². The van der Waals surface area contributed by atoms with Crippen molar-refractivity contribution in [2.45, 2.75) is 45.1 Å². The van der Waals surface area contributed by atoms with E-state index in [9.17, 15) is 14.4 Å². The van der Waals surface area contributed by atoms with Crippen molar-refractivity contribution in [3.63, 3.8) is 0 Å². The van der Waals surface area contributed by atoms with Crippen molar-refractivity contribution in [3.8, 4) is 0 Å². The molecule has 148 valence electrons. The Labute approximate surface area is 162 Å². The molecule has 2 aliphatic rings. The van der Waals surface area contributed by atoms with Crippen LogP contribution in [0, 0.1) is 12.8 Å². The summed E-state index contributed by atoms with van der Waals surface area (Å²) >= 11 is 0. The molecule has 9 heteroatoms. The Morgan fingerprint density at radius 3 is 2.93 bits per heavy atom. The van der Waals surface area contributed by atoms with E-state index < -0.39 is 17.5 Å². The van der Waals surface area contributed by atoms with E-state index in [1.165, 1.54) is 6.20 Å². The number of hydrogen-bond donors (Lipinski definition) is 2. The number of amides is 4. The van der Waals surface area contributed by atoms with Crippen molar-refractivity contribution in [1.29, 1.82) is 0 Å². The summed E-state index contributed by atoms with van der Waals surface area (Å²) in [7, 11) is 1.81. The van der Waals surface area contributed by atoms with Crippen molar-refractivity contribution in [1.82, 2.24) is 25.0 Å². The quantitative estimate of drug-likeness (QED) is 0.783. The molecule has 4 rings (SSSR count). The van der Waals surface area contributed by atoms with Gasteiger partial charge >= 0.3 is 6.03 Å². The molecule has 2 fully saturated rings. The third kappa shape index (κ3) is 2.81. The lowest BCUT2D eigenvalue weighted by molar-refractivity contribution is -0.136. The number of aryl methyl sites for hydroxylation is 2. The van der Waals surface area contributed by atoms with Gasteiger partial charge in [0, 0.05) is 12.4 Å². The van der Waals surface area contributed by atoms with Crippen LogP contribution in [0.1, 0.15) is 38.3 Å². The molecule has 1 aliphatic carbocycles. The molecule has 1 saturated carbocycles. The molecule has 4 amide bonds. The number of urea groups is 1. The van der Waals surface area contributed by atoms with Crippen LogP contribution in [0.15, 0.2) is 12.3 Å². The highest BCUT2D eigenvalue weighted by Crippen LogP contribution is 2.38. The van der Waals surface area contributed by atoms with Gasteiger partial charge in [-0.15, -0.1) is 0 Å². The molecule has 0 unspecified atom stereocenters. The molecule has 2 atom stereocenters. The third-order valence-corrected chi connectivity index (χ3v) is 5.95. The summed E-state index contributed by atoms with van der Waals surface area (Å²) < 4.78 is 1.67. The largest absolute Gasteiger partial charge is 0.325 e. The summed E-state index contributed by atoms with van der Waals surface area (Å²) in [5.41, 5.74) is 1.17. The average Bonchev–Trinajstić information content (AvgIpc) is 3.06. The SMILES string of the molecule is Cc1nn(C)c2ncc(NC(=O)CN3C(=O)N[C@]4(CCCC[C@@H]4C)C3=O)cc12. The van der Waals surface area contributed by atoms with Crippen LogP contribution in [-0.2, 0) is 16.6 Å². The number of hydrogen-bond acceptors (Lipinski definition) is 5. The number of nitrogens with zero attached hydrogens (tertiary/aromatic N) is 4. The highest BCUT2D eigenvalue weighted by molar-refractivity contribution is 6.10. The van der Waals surface area contributed by atoms with Gasteiger partial charge in [0.1, 0.15) is 12.1 Å². The van der Waals surface area contributed by atoms with Gasteiger partial charge in [-0.2, -0.15) is 5.10 Å². The first-order valence-corrected chi connectivity index (χ1v) is 9.55. The maximum Gasteiger partial charge on any atom is 0.325 e. The van der Waals surface area contributed by atoms with E-state index in [1.807, 2.05) is 13.8 Å². The minimum atomic E-state index is -0.858. The number of pyridine rings is 1. The predicted octanol–water partition coefficient (Wildman–Crippen LogP) is 1.72. The smallest absolute Gasteiger partial charge is 0.323 e. The fraction of sp³-hybridized carbons (Fsp3) is 0.526. The number of rotatable bonds is 3. The summed E-state index contributed by atoms with van der Waals surface area (Å²) in [6.45, 7) is 3.54. The second-order valence-corrected chi connectivity index (χ2v) is 7.79. The van der Waals surface area contributed by atoms with Crippen molar-refractivity contribution in [2.75, 3.05) is 11.9 Å². The molecule has 2 N–H and O–H groups in total. The molecular formula is C19H24N6O3. The van der Waals surface area contributed by atoms with Gasteiger partial charge in [0.05, 0.1) is 17.6 Å². The monoisotopic (exact) mass is 384 g/mol. The highest BCUT2D eigenvalue weighted by Gasteiger charge is 2.55. The zero-order valence-electron chi connectivity index (χ0n) is 16.3. The number of nitrogens with one attached hydrogen (secondary N) is 2. The third-order valence-electron chi connectivity index (χ3n) is 5.95. The van der Waals surface area contributed by atoms with Gasteiger partial charge in [0.15, 0.2) is 5.65 Å². The van der Waals surface area contributed by atoms with Crippen LogP contribution in [0.4, 0.5) is 10.5 Å². The fourth-order valence-corrected chi connectivity index (χ4v) is 4.36. The normalized spacial score (nSPS) is 24.8. The number of anilines is 1. The Hall–Kier alpha value is -2.97. The summed E-state index contributed by atoms with van der Waals surface area (Å²) in [4.78, 5) is 43.2. The van der Waals surface area contributed by atoms with E-state index in [1.54, 1.807) is 17.8 Å². The molecular weight excluding hydrogens is 360 g/mol. The number of aromatic nitrogens is 3. The molecule has 0 bridgehead atoms. The molecule has 9 nitrogen and oxygen atoms in total. The molecule has 1 spiro atoms. The van der Waals surface area contributed by atoms with E-state index in [4.69, 9.17) is 0 Å². The standard InChI is InChI=1S/C19H24N6O3/c1-11-6-4-5-7-19(11)17(27)25(18(28)22-19)10-15(26)21-13-8-14-12(2)23-24(3)16(14)20-9-13/h8-9,11H,4-7,10H2,1-3H3,(H,21,26)(H,22,28)/t11-,19-/m0/s1. The Bertz CT molecular complexity index is 983. The van der Waals surface area contributed by atoms with Gasteiger partial charge in [-0.1, -0.05) is 19.8 Å². The van der Waals surface area contributed by atoms with Gasteiger partial charge in [0.25, 0.3) is 5.91 Å². The van der Waals surface area contributed by atoms with Crippen molar-refractivity contribution >= 4 is 34.6 Å². The van der Waals surface area contributed by atoms with Crippen LogP contribution in [0.5, 0.6) is 0 Å². The van der Waals surface area contributed by atoms with Crippen molar-refractivity contribution < 1.29 is 14.4 Å². The predicted molar refractivity (Wildman–Crippen MR) is 102 cm³/mol. The van der Waals surface area contributed by atoms with Crippen LogP contribution in [0.2, 0.25) is 0 Å². The van der Waals surface area contributed by atoms with E-state index in [0.717, 1.165) is 40.9 Å². The average molecular weight is 384 g/mol. The Kier molecular flexibility index (Phi) is 4.32. The lowest BCUT2D eigenvalue weighted by atomic mass is 9.73. The second-order valence-electron chi connectivity index (χ2n) is 7.79.